The zero-order chi connectivity index (χ0) is 13.2. The molecule has 100 valence electrons. The highest BCUT2D eigenvalue weighted by molar-refractivity contribution is 5.26. The molecule has 0 radical (unpaired) electrons. The van der Waals surface area contributed by atoms with Crippen LogP contribution in [0.1, 0.15) is 50.4 Å². The number of hydrogen-bond donors (Lipinski definition) is 1. The third-order valence-corrected chi connectivity index (χ3v) is 3.18. The van der Waals surface area contributed by atoms with Crippen molar-refractivity contribution in [3.05, 3.63) is 30.2 Å². The van der Waals surface area contributed by atoms with Crippen LogP contribution in [-0.2, 0) is 0 Å². The Morgan fingerprint density at radius 2 is 2.00 bits per heavy atom. The van der Waals surface area contributed by atoms with Gasteiger partial charge < -0.3 is 9.84 Å². The largest absolute Gasteiger partial charge is 0.342 e. The molecule has 0 aliphatic heterocycles. The van der Waals surface area contributed by atoms with Gasteiger partial charge in [-0.25, -0.2) is 9.97 Å². The van der Waals surface area contributed by atoms with Crippen molar-refractivity contribution in [3.63, 3.8) is 0 Å². The van der Waals surface area contributed by atoms with Gasteiger partial charge in [-0.3, -0.25) is 0 Å². The van der Waals surface area contributed by atoms with Crippen molar-refractivity contribution >= 4 is 5.95 Å². The van der Waals surface area contributed by atoms with E-state index in [1.165, 1.54) is 12.8 Å². The van der Waals surface area contributed by atoms with Gasteiger partial charge in [0.1, 0.15) is 6.04 Å². The van der Waals surface area contributed by atoms with Gasteiger partial charge in [0.25, 0.3) is 0 Å². The summed E-state index contributed by atoms with van der Waals surface area (Å²) in [5.41, 5.74) is 0. The second-order valence-corrected chi connectivity index (χ2v) is 5.20. The third-order valence-electron chi connectivity index (χ3n) is 3.18. The first-order valence-electron chi connectivity index (χ1n) is 6.61. The molecule has 0 bridgehead atoms. The Morgan fingerprint density at radius 3 is 2.63 bits per heavy atom. The summed E-state index contributed by atoms with van der Waals surface area (Å²) < 4.78 is 5.38. The quantitative estimate of drug-likeness (QED) is 0.889. The molecule has 19 heavy (non-hydrogen) atoms. The number of anilines is 1. The smallest absolute Gasteiger partial charge is 0.249 e. The van der Waals surface area contributed by atoms with E-state index in [4.69, 9.17) is 4.52 Å². The molecule has 2 aromatic heterocycles. The van der Waals surface area contributed by atoms with Crippen molar-refractivity contribution in [2.75, 3.05) is 5.32 Å². The van der Waals surface area contributed by atoms with E-state index >= 15 is 0 Å². The molecule has 0 aromatic carbocycles. The monoisotopic (exact) mass is 259 g/mol. The van der Waals surface area contributed by atoms with Crippen molar-refractivity contribution in [1.82, 2.24) is 20.1 Å². The lowest BCUT2D eigenvalue weighted by molar-refractivity contribution is 0.332. The average molecular weight is 259 g/mol. The summed E-state index contributed by atoms with van der Waals surface area (Å²) in [6.45, 7) is 4.20. The predicted molar refractivity (Wildman–Crippen MR) is 69.5 cm³/mol. The molecule has 1 N–H and O–H groups in total. The fourth-order valence-electron chi connectivity index (χ4n) is 1.91. The molecule has 0 amide bonds. The summed E-state index contributed by atoms with van der Waals surface area (Å²) >= 11 is 0. The van der Waals surface area contributed by atoms with Gasteiger partial charge in [-0.05, 0) is 24.8 Å². The maximum absolute atomic E-state index is 5.38. The van der Waals surface area contributed by atoms with Crippen LogP contribution in [0.15, 0.2) is 23.0 Å². The number of rotatable bonds is 5. The van der Waals surface area contributed by atoms with Gasteiger partial charge in [-0.2, -0.15) is 4.98 Å². The highest BCUT2D eigenvalue weighted by Gasteiger charge is 2.31. The number of nitrogens with one attached hydrogen (secondary N) is 1. The fraction of sp³-hybridized carbons (Fsp3) is 0.538. The van der Waals surface area contributed by atoms with E-state index in [1.807, 2.05) is 0 Å². The molecule has 1 aliphatic carbocycles. The molecule has 0 saturated heterocycles. The molecule has 1 atom stereocenters. The van der Waals surface area contributed by atoms with Crippen LogP contribution in [0.3, 0.4) is 0 Å². The summed E-state index contributed by atoms with van der Waals surface area (Å²) in [5, 5.41) is 7.31. The maximum Gasteiger partial charge on any atom is 0.249 e. The molecular formula is C13H17N5O. The van der Waals surface area contributed by atoms with Gasteiger partial charge in [-0.15, -0.1) is 0 Å². The molecule has 2 aromatic rings. The molecule has 2 heterocycles. The van der Waals surface area contributed by atoms with Crippen LogP contribution in [0.4, 0.5) is 5.95 Å². The molecule has 3 rings (SSSR count). The van der Waals surface area contributed by atoms with Gasteiger partial charge >= 0.3 is 0 Å². The standard InChI is InChI=1S/C13H17N5O/c1-8(2)10(16-13-14-6-3-7-15-13)12-17-11(18-19-12)9-4-5-9/h3,6-10H,4-5H2,1-2H3,(H,14,15,16)/t10-/m0/s1. The minimum Gasteiger partial charge on any atom is -0.342 e. The average Bonchev–Trinajstić information content (AvgIpc) is 3.16. The van der Waals surface area contributed by atoms with Gasteiger partial charge in [0.2, 0.25) is 11.8 Å². The van der Waals surface area contributed by atoms with Crippen molar-refractivity contribution in [2.24, 2.45) is 5.92 Å². The van der Waals surface area contributed by atoms with Crippen molar-refractivity contribution in [3.8, 4) is 0 Å². The minimum atomic E-state index is -0.0672. The maximum atomic E-state index is 5.38. The van der Waals surface area contributed by atoms with E-state index in [9.17, 15) is 0 Å². The minimum absolute atomic E-state index is 0.0672. The fourth-order valence-corrected chi connectivity index (χ4v) is 1.91. The number of hydrogen-bond acceptors (Lipinski definition) is 6. The Kier molecular flexibility index (Phi) is 3.15. The lowest BCUT2D eigenvalue weighted by atomic mass is 10.0. The van der Waals surface area contributed by atoms with Gasteiger partial charge in [-0.1, -0.05) is 19.0 Å². The van der Waals surface area contributed by atoms with E-state index in [2.05, 4.69) is 39.3 Å². The van der Waals surface area contributed by atoms with Crippen LogP contribution in [-0.4, -0.2) is 20.1 Å². The Labute approximate surface area is 111 Å². The SMILES string of the molecule is CC(C)[C@H](Nc1ncccn1)c1nc(C2CC2)no1. The van der Waals surface area contributed by atoms with Crippen molar-refractivity contribution in [1.29, 1.82) is 0 Å². The summed E-state index contributed by atoms with van der Waals surface area (Å²) in [4.78, 5) is 12.8. The molecule has 1 aliphatic rings. The molecule has 6 heteroatoms. The van der Waals surface area contributed by atoms with E-state index in [0.717, 1.165) is 5.82 Å². The molecule has 0 spiro atoms. The van der Waals surface area contributed by atoms with Crippen LogP contribution < -0.4 is 5.32 Å². The van der Waals surface area contributed by atoms with Crippen LogP contribution in [0.2, 0.25) is 0 Å². The van der Waals surface area contributed by atoms with Crippen LogP contribution >= 0.6 is 0 Å². The summed E-state index contributed by atoms with van der Waals surface area (Å²) in [6, 6.07) is 1.72. The summed E-state index contributed by atoms with van der Waals surface area (Å²) in [6.07, 6.45) is 5.74. The van der Waals surface area contributed by atoms with Crippen LogP contribution in [0.25, 0.3) is 0 Å². The topological polar surface area (TPSA) is 76.7 Å². The second kappa shape index (κ2) is 4.95. The first-order chi connectivity index (χ1) is 9.24. The molecule has 0 unspecified atom stereocenters. The lowest BCUT2D eigenvalue weighted by Crippen LogP contribution is -2.18. The van der Waals surface area contributed by atoms with E-state index in [1.54, 1.807) is 18.5 Å². The summed E-state index contributed by atoms with van der Waals surface area (Å²) in [7, 11) is 0. The van der Waals surface area contributed by atoms with Crippen LogP contribution in [0.5, 0.6) is 0 Å². The van der Waals surface area contributed by atoms with E-state index < -0.39 is 0 Å². The normalized spacial score (nSPS) is 16.6. The van der Waals surface area contributed by atoms with Gasteiger partial charge in [0.15, 0.2) is 5.82 Å². The van der Waals surface area contributed by atoms with E-state index in [0.29, 0.717) is 23.7 Å². The Hall–Kier alpha value is -1.98. The summed E-state index contributed by atoms with van der Waals surface area (Å²) in [5.74, 6) is 2.82. The molecule has 1 fully saturated rings. The van der Waals surface area contributed by atoms with Gasteiger partial charge in [0, 0.05) is 18.3 Å². The molecular weight excluding hydrogens is 242 g/mol. The molecule has 6 nitrogen and oxygen atoms in total. The zero-order valence-corrected chi connectivity index (χ0v) is 11.1. The first kappa shape index (κ1) is 12.1. The van der Waals surface area contributed by atoms with E-state index in [-0.39, 0.29) is 6.04 Å². The highest BCUT2D eigenvalue weighted by Crippen LogP contribution is 2.38. The second-order valence-electron chi connectivity index (χ2n) is 5.20. The Bertz CT molecular complexity index is 535. The molecule has 1 saturated carbocycles. The van der Waals surface area contributed by atoms with Crippen molar-refractivity contribution in [2.45, 2.75) is 38.6 Å². The Balaban J connectivity index is 1.79. The van der Waals surface area contributed by atoms with Crippen molar-refractivity contribution < 1.29 is 4.52 Å². The first-order valence-corrected chi connectivity index (χ1v) is 6.61. The third kappa shape index (κ3) is 2.72. The van der Waals surface area contributed by atoms with Gasteiger partial charge in [0.05, 0.1) is 0 Å². The van der Waals surface area contributed by atoms with Crippen LogP contribution in [0, 0.1) is 5.92 Å². The lowest BCUT2D eigenvalue weighted by Gasteiger charge is -2.18. The number of aromatic nitrogens is 4. The highest BCUT2D eigenvalue weighted by atomic mass is 16.5. The number of nitrogens with zero attached hydrogens (tertiary/aromatic N) is 4. The zero-order valence-electron chi connectivity index (χ0n) is 11.1. The Morgan fingerprint density at radius 1 is 1.26 bits per heavy atom. The predicted octanol–water partition coefficient (Wildman–Crippen LogP) is 2.55.